The molecule has 1 aliphatic heterocycles. The Morgan fingerprint density at radius 1 is 1.40 bits per heavy atom. The molecule has 1 aliphatic rings. The molecule has 2 atom stereocenters. The fraction of sp³-hybridized carbons (Fsp3) is 0.706. The maximum absolute atomic E-state index is 6.28. The van der Waals surface area contributed by atoms with Crippen LogP contribution < -0.4 is 5.32 Å². The highest BCUT2D eigenvalue weighted by Gasteiger charge is 2.49. The van der Waals surface area contributed by atoms with Crippen LogP contribution in [0, 0.1) is 12.8 Å². The fourth-order valence-electron chi connectivity index (χ4n) is 3.64. The molecule has 2 rings (SSSR count). The molecule has 20 heavy (non-hydrogen) atoms. The topological polar surface area (TPSA) is 34.2 Å². The molecule has 0 saturated carbocycles. The Balaban J connectivity index is 2.37. The van der Waals surface area contributed by atoms with Gasteiger partial charge >= 0.3 is 0 Å². The van der Waals surface area contributed by atoms with E-state index in [1.54, 1.807) is 0 Å². The number of rotatable bonds is 4. The minimum absolute atomic E-state index is 0.0576. The zero-order valence-corrected chi connectivity index (χ0v) is 13.7. The summed E-state index contributed by atoms with van der Waals surface area (Å²) in [5, 5.41) is 3.66. The summed E-state index contributed by atoms with van der Waals surface area (Å²) in [6.45, 7) is 14.0. The van der Waals surface area contributed by atoms with Crippen molar-refractivity contribution < 1.29 is 4.74 Å². The van der Waals surface area contributed by atoms with E-state index in [1.165, 1.54) is 5.56 Å². The summed E-state index contributed by atoms with van der Waals surface area (Å²) in [6, 6.07) is 4.52. The lowest BCUT2D eigenvalue weighted by Crippen LogP contribution is -2.38. The van der Waals surface area contributed by atoms with Gasteiger partial charge in [0.2, 0.25) is 0 Å². The molecular formula is C17H28N2O. The Kier molecular flexibility index (Phi) is 4.22. The van der Waals surface area contributed by atoms with Gasteiger partial charge in [0.25, 0.3) is 0 Å². The summed E-state index contributed by atoms with van der Waals surface area (Å²) in [5.41, 5.74) is 2.23. The number of nitrogens with one attached hydrogen (secondary N) is 1. The van der Waals surface area contributed by atoms with Crippen LogP contribution in [-0.4, -0.2) is 22.7 Å². The smallest absolute Gasteiger partial charge is 0.0681 e. The van der Waals surface area contributed by atoms with Crippen LogP contribution in [0.3, 0.4) is 0 Å². The molecule has 2 unspecified atom stereocenters. The van der Waals surface area contributed by atoms with Crippen LogP contribution in [0.2, 0.25) is 0 Å². The van der Waals surface area contributed by atoms with Gasteiger partial charge in [-0.15, -0.1) is 0 Å². The van der Waals surface area contributed by atoms with Gasteiger partial charge in [-0.2, -0.15) is 0 Å². The van der Waals surface area contributed by atoms with E-state index in [0.717, 1.165) is 18.7 Å². The average molecular weight is 276 g/mol. The van der Waals surface area contributed by atoms with Crippen molar-refractivity contribution in [3.05, 3.63) is 29.6 Å². The summed E-state index contributed by atoms with van der Waals surface area (Å²) in [7, 11) is 0. The number of nitrogens with zero attached hydrogens (tertiary/aromatic N) is 1. The Bertz CT molecular complexity index is 468. The van der Waals surface area contributed by atoms with Crippen LogP contribution in [0.15, 0.2) is 18.3 Å². The molecule has 1 aromatic heterocycles. The molecular weight excluding hydrogens is 248 g/mol. The lowest BCUT2D eigenvalue weighted by atomic mass is 9.78. The fourth-order valence-corrected chi connectivity index (χ4v) is 3.64. The first-order chi connectivity index (χ1) is 9.27. The van der Waals surface area contributed by atoms with Gasteiger partial charge in [-0.1, -0.05) is 13.0 Å². The van der Waals surface area contributed by atoms with E-state index >= 15 is 0 Å². The highest BCUT2D eigenvalue weighted by Crippen LogP contribution is 2.47. The predicted octanol–water partition coefficient (Wildman–Crippen LogP) is 3.63. The Hall–Kier alpha value is -0.930. The van der Waals surface area contributed by atoms with Crippen molar-refractivity contribution in [3.63, 3.8) is 0 Å². The molecule has 112 valence electrons. The highest BCUT2D eigenvalue weighted by molar-refractivity contribution is 5.25. The number of aryl methyl sites for hydroxylation is 1. The van der Waals surface area contributed by atoms with Gasteiger partial charge in [0, 0.05) is 23.9 Å². The van der Waals surface area contributed by atoms with Crippen LogP contribution in [0.1, 0.15) is 58.3 Å². The first-order valence-corrected chi connectivity index (χ1v) is 7.62. The molecule has 1 fully saturated rings. The SMILES string of the molecule is CCNC(c1cccnc1C)C1CC(C)(C)OC1(C)C. The van der Waals surface area contributed by atoms with E-state index in [4.69, 9.17) is 4.74 Å². The van der Waals surface area contributed by atoms with Crippen molar-refractivity contribution >= 4 is 0 Å². The monoisotopic (exact) mass is 276 g/mol. The van der Waals surface area contributed by atoms with E-state index in [2.05, 4.69) is 57.9 Å². The quantitative estimate of drug-likeness (QED) is 0.911. The standard InChI is InChI=1S/C17H28N2O/c1-7-18-15(13-9-8-10-19-12(13)2)14-11-16(3,4)20-17(14,5)6/h8-10,14-15,18H,7,11H2,1-6H3. The van der Waals surface area contributed by atoms with Crippen LogP contribution in [0.5, 0.6) is 0 Å². The normalized spacial score (nSPS) is 25.6. The van der Waals surface area contributed by atoms with Gasteiger partial charge in [-0.25, -0.2) is 0 Å². The van der Waals surface area contributed by atoms with Gasteiger partial charge in [0.05, 0.1) is 11.2 Å². The Morgan fingerprint density at radius 2 is 2.10 bits per heavy atom. The number of hydrogen-bond acceptors (Lipinski definition) is 3. The third-order valence-electron chi connectivity index (χ3n) is 4.35. The second kappa shape index (κ2) is 5.45. The maximum Gasteiger partial charge on any atom is 0.0681 e. The minimum Gasteiger partial charge on any atom is -0.369 e. The third kappa shape index (κ3) is 3.04. The Labute approximate surface area is 123 Å². The number of pyridine rings is 1. The third-order valence-corrected chi connectivity index (χ3v) is 4.35. The first kappa shape index (κ1) is 15.5. The highest BCUT2D eigenvalue weighted by atomic mass is 16.5. The number of ether oxygens (including phenoxy) is 1. The molecule has 0 bridgehead atoms. The number of hydrogen-bond donors (Lipinski definition) is 1. The molecule has 0 aliphatic carbocycles. The van der Waals surface area contributed by atoms with Crippen LogP contribution in [0.25, 0.3) is 0 Å². The first-order valence-electron chi connectivity index (χ1n) is 7.62. The lowest BCUT2D eigenvalue weighted by Gasteiger charge is -2.34. The summed E-state index contributed by atoms with van der Waals surface area (Å²) < 4.78 is 6.28. The van der Waals surface area contributed by atoms with E-state index in [0.29, 0.717) is 12.0 Å². The van der Waals surface area contributed by atoms with Crippen molar-refractivity contribution in [3.8, 4) is 0 Å². The van der Waals surface area contributed by atoms with E-state index in [9.17, 15) is 0 Å². The van der Waals surface area contributed by atoms with Crippen LogP contribution in [0.4, 0.5) is 0 Å². The zero-order chi connectivity index (χ0) is 15.0. The van der Waals surface area contributed by atoms with E-state index in [-0.39, 0.29) is 11.2 Å². The molecule has 1 N–H and O–H groups in total. The van der Waals surface area contributed by atoms with Crippen molar-refractivity contribution in [1.29, 1.82) is 0 Å². The van der Waals surface area contributed by atoms with Crippen molar-refractivity contribution in [1.82, 2.24) is 10.3 Å². The zero-order valence-electron chi connectivity index (χ0n) is 13.7. The lowest BCUT2D eigenvalue weighted by molar-refractivity contribution is -0.0778. The van der Waals surface area contributed by atoms with Gasteiger partial charge in [-0.05, 0) is 59.2 Å². The van der Waals surface area contributed by atoms with Gasteiger partial charge in [-0.3, -0.25) is 4.98 Å². The molecule has 2 heterocycles. The van der Waals surface area contributed by atoms with E-state index < -0.39 is 0 Å². The molecule has 0 amide bonds. The largest absolute Gasteiger partial charge is 0.369 e. The van der Waals surface area contributed by atoms with Crippen LogP contribution >= 0.6 is 0 Å². The summed E-state index contributed by atoms with van der Waals surface area (Å²) in [4.78, 5) is 4.46. The average Bonchev–Trinajstić information content (AvgIpc) is 2.55. The maximum atomic E-state index is 6.28. The van der Waals surface area contributed by atoms with Crippen molar-refractivity contribution in [2.45, 2.75) is 65.2 Å². The van der Waals surface area contributed by atoms with Gasteiger partial charge in [0.1, 0.15) is 0 Å². The molecule has 3 heteroatoms. The van der Waals surface area contributed by atoms with Crippen molar-refractivity contribution in [2.75, 3.05) is 6.54 Å². The molecule has 0 spiro atoms. The molecule has 1 aromatic rings. The number of aromatic nitrogens is 1. The second-order valence-electron chi connectivity index (χ2n) is 6.99. The van der Waals surface area contributed by atoms with Crippen LogP contribution in [-0.2, 0) is 4.74 Å². The summed E-state index contributed by atoms with van der Waals surface area (Å²) in [6.07, 6.45) is 2.92. The van der Waals surface area contributed by atoms with E-state index in [1.807, 2.05) is 12.3 Å². The van der Waals surface area contributed by atoms with Gasteiger partial charge < -0.3 is 10.1 Å². The van der Waals surface area contributed by atoms with Crippen molar-refractivity contribution in [2.24, 2.45) is 5.92 Å². The Morgan fingerprint density at radius 3 is 2.60 bits per heavy atom. The minimum atomic E-state index is -0.126. The molecule has 3 nitrogen and oxygen atoms in total. The summed E-state index contributed by atoms with van der Waals surface area (Å²) >= 11 is 0. The van der Waals surface area contributed by atoms with Gasteiger partial charge in [0.15, 0.2) is 0 Å². The predicted molar refractivity (Wildman–Crippen MR) is 82.7 cm³/mol. The second-order valence-corrected chi connectivity index (χ2v) is 6.99. The molecule has 0 radical (unpaired) electrons. The molecule has 0 aromatic carbocycles. The summed E-state index contributed by atoms with van der Waals surface area (Å²) in [5.74, 6) is 0.445. The molecule has 1 saturated heterocycles.